The number of nitrogens with one attached hydrogen (secondary N) is 1. The largest absolute Gasteiger partial charge is 0.444 e. The van der Waals surface area contributed by atoms with Crippen LogP contribution in [0.4, 0.5) is 4.79 Å². The third-order valence-corrected chi connectivity index (χ3v) is 1.77. The van der Waals surface area contributed by atoms with Crippen molar-refractivity contribution in [2.45, 2.75) is 85.0 Å². The van der Waals surface area contributed by atoms with Gasteiger partial charge < -0.3 is 15.2 Å². The zero-order valence-corrected chi connectivity index (χ0v) is 14.1. The number of ether oxygens (including phenoxy) is 1. The number of carbonyl (C=O) groups is 1. The zero-order chi connectivity index (χ0) is 16.6. The first-order valence-corrected chi connectivity index (χ1v) is 6.87. The topological polar surface area (TPSA) is 82.4 Å². The molecule has 0 spiro atoms. The molecule has 0 aromatic rings. The molecule has 5 nitrogen and oxygen atoms in total. The summed E-state index contributed by atoms with van der Waals surface area (Å²) in [6.45, 7) is 14.3. The maximum atomic E-state index is 11.4. The van der Waals surface area contributed by atoms with Crippen LogP contribution in [0.2, 0.25) is 0 Å². The molecule has 0 aliphatic carbocycles. The molecule has 5 heteroatoms. The Morgan fingerprint density at radius 2 is 1.60 bits per heavy atom. The van der Waals surface area contributed by atoms with Gasteiger partial charge in [0, 0.05) is 0 Å². The molecule has 20 heavy (non-hydrogen) atoms. The first-order chi connectivity index (χ1) is 8.72. The van der Waals surface area contributed by atoms with Crippen molar-refractivity contribution in [1.29, 1.82) is 5.26 Å². The lowest BCUT2D eigenvalue weighted by molar-refractivity contribution is 0.0483. The average molecular weight is 286 g/mol. The van der Waals surface area contributed by atoms with Crippen molar-refractivity contribution in [3.05, 3.63) is 0 Å². The molecule has 1 amide bonds. The van der Waals surface area contributed by atoms with Gasteiger partial charge in [0.15, 0.2) is 0 Å². The number of carbonyl (C=O) groups excluding carboxylic acids is 1. The van der Waals surface area contributed by atoms with Crippen LogP contribution in [0, 0.1) is 11.3 Å². The summed E-state index contributed by atoms with van der Waals surface area (Å²) in [6.07, 6.45) is 0.905. The second-order valence-electron chi connectivity index (χ2n) is 6.99. The standard InChI is InChI=1S/C11H20N2O2.C4H10O/c1-6-7-11(5,8-12)13-9(14)15-10(2,3)4;1-4(2,3)5/h6-7H2,1-5H3,(H,13,14);5H,1-3H3. The summed E-state index contributed by atoms with van der Waals surface area (Å²) in [7, 11) is 0. The number of nitriles is 1. The van der Waals surface area contributed by atoms with Crippen LogP contribution in [0.15, 0.2) is 0 Å². The molecule has 0 fully saturated rings. The number of rotatable bonds is 3. The molecule has 0 aromatic carbocycles. The summed E-state index contributed by atoms with van der Waals surface area (Å²) in [5, 5.41) is 20.0. The highest BCUT2D eigenvalue weighted by Crippen LogP contribution is 2.13. The lowest BCUT2D eigenvalue weighted by Gasteiger charge is -2.26. The van der Waals surface area contributed by atoms with Crippen molar-refractivity contribution in [2.75, 3.05) is 0 Å². The lowest BCUT2D eigenvalue weighted by atomic mass is 9.99. The number of amides is 1. The summed E-state index contributed by atoms with van der Waals surface area (Å²) in [4.78, 5) is 11.4. The van der Waals surface area contributed by atoms with Gasteiger partial charge in [-0.2, -0.15) is 5.26 Å². The number of hydrogen-bond acceptors (Lipinski definition) is 4. The van der Waals surface area contributed by atoms with E-state index in [-0.39, 0.29) is 0 Å². The first kappa shape index (κ1) is 21.0. The molecule has 0 saturated carbocycles. The van der Waals surface area contributed by atoms with Crippen LogP contribution in [-0.2, 0) is 4.74 Å². The highest BCUT2D eigenvalue weighted by atomic mass is 16.6. The Bertz CT molecular complexity index is 328. The second kappa shape index (κ2) is 8.11. The van der Waals surface area contributed by atoms with Crippen LogP contribution in [0.1, 0.15) is 68.2 Å². The van der Waals surface area contributed by atoms with E-state index in [1.165, 1.54) is 0 Å². The number of hydrogen-bond donors (Lipinski definition) is 2. The van der Waals surface area contributed by atoms with Crippen LogP contribution < -0.4 is 5.32 Å². The summed E-state index contributed by atoms with van der Waals surface area (Å²) >= 11 is 0. The fourth-order valence-electron chi connectivity index (χ4n) is 1.18. The van der Waals surface area contributed by atoms with Crippen molar-refractivity contribution in [3.8, 4) is 6.07 Å². The van der Waals surface area contributed by atoms with Crippen molar-refractivity contribution < 1.29 is 14.6 Å². The molecule has 1 atom stereocenters. The monoisotopic (exact) mass is 286 g/mol. The molecule has 0 heterocycles. The second-order valence-corrected chi connectivity index (χ2v) is 6.99. The van der Waals surface area contributed by atoms with Crippen LogP contribution in [0.5, 0.6) is 0 Å². The first-order valence-electron chi connectivity index (χ1n) is 6.87. The lowest BCUT2D eigenvalue weighted by Crippen LogP contribution is -2.46. The van der Waals surface area contributed by atoms with Crippen molar-refractivity contribution in [1.82, 2.24) is 5.32 Å². The Labute approximate surface area is 123 Å². The SMILES string of the molecule is CC(C)(C)O.CCCC(C)(C#N)NC(=O)OC(C)(C)C. The highest BCUT2D eigenvalue weighted by Gasteiger charge is 2.27. The molecule has 0 saturated heterocycles. The molecule has 118 valence electrons. The van der Waals surface area contributed by atoms with E-state index in [1.54, 1.807) is 48.5 Å². The molecule has 2 N–H and O–H groups in total. The van der Waals surface area contributed by atoms with Crippen LogP contribution >= 0.6 is 0 Å². The fourth-order valence-corrected chi connectivity index (χ4v) is 1.18. The molecule has 1 unspecified atom stereocenters. The maximum Gasteiger partial charge on any atom is 0.408 e. The number of nitrogens with zero attached hydrogens (tertiary/aromatic N) is 1. The Balaban J connectivity index is 0. The minimum atomic E-state index is -0.836. The minimum Gasteiger partial charge on any atom is -0.444 e. The predicted molar refractivity (Wildman–Crippen MR) is 80.3 cm³/mol. The van der Waals surface area contributed by atoms with Gasteiger partial charge in [0.05, 0.1) is 11.7 Å². The van der Waals surface area contributed by atoms with Crippen LogP contribution in [0.3, 0.4) is 0 Å². The quantitative estimate of drug-likeness (QED) is 0.833. The molecular weight excluding hydrogens is 256 g/mol. The molecule has 0 radical (unpaired) electrons. The summed E-state index contributed by atoms with van der Waals surface area (Å²) in [5.74, 6) is 0. The smallest absolute Gasteiger partial charge is 0.408 e. The minimum absolute atomic E-state index is 0.500. The van der Waals surface area contributed by atoms with Gasteiger partial charge in [-0.15, -0.1) is 0 Å². The summed E-state index contributed by atoms with van der Waals surface area (Å²) < 4.78 is 5.08. The van der Waals surface area contributed by atoms with Crippen LogP contribution in [-0.4, -0.2) is 27.9 Å². The number of aliphatic hydroxyl groups is 1. The van der Waals surface area contributed by atoms with Gasteiger partial charge in [0.1, 0.15) is 11.1 Å². The Morgan fingerprint density at radius 1 is 1.20 bits per heavy atom. The van der Waals surface area contributed by atoms with Gasteiger partial charge in [0.2, 0.25) is 0 Å². The van der Waals surface area contributed by atoms with Gasteiger partial charge in [0.25, 0.3) is 0 Å². The average Bonchev–Trinajstić information content (AvgIpc) is 2.11. The zero-order valence-electron chi connectivity index (χ0n) is 14.1. The van der Waals surface area contributed by atoms with E-state index in [0.29, 0.717) is 6.42 Å². The van der Waals surface area contributed by atoms with E-state index in [4.69, 9.17) is 15.1 Å². The van der Waals surface area contributed by atoms with Crippen molar-refractivity contribution in [3.63, 3.8) is 0 Å². The van der Waals surface area contributed by atoms with Gasteiger partial charge in [-0.1, -0.05) is 13.3 Å². The third kappa shape index (κ3) is 16.7. The fraction of sp³-hybridized carbons (Fsp3) is 0.867. The molecule has 0 rings (SSSR count). The van der Waals surface area contributed by atoms with Gasteiger partial charge in [-0.25, -0.2) is 4.79 Å². The van der Waals surface area contributed by atoms with E-state index in [1.807, 2.05) is 6.92 Å². The predicted octanol–water partition coefficient (Wildman–Crippen LogP) is 3.37. The van der Waals surface area contributed by atoms with E-state index in [0.717, 1.165) is 6.42 Å². The highest BCUT2D eigenvalue weighted by molar-refractivity contribution is 5.69. The van der Waals surface area contributed by atoms with Crippen molar-refractivity contribution >= 4 is 6.09 Å². The molecular formula is C15H30N2O3. The Morgan fingerprint density at radius 3 is 1.85 bits per heavy atom. The summed E-state index contributed by atoms with van der Waals surface area (Å²) in [6, 6.07) is 2.08. The van der Waals surface area contributed by atoms with E-state index in [9.17, 15) is 4.79 Å². The van der Waals surface area contributed by atoms with E-state index < -0.39 is 22.8 Å². The molecule has 0 aliphatic heterocycles. The van der Waals surface area contributed by atoms with Crippen molar-refractivity contribution in [2.24, 2.45) is 0 Å². The van der Waals surface area contributed by atoms with Gasteiger partial charge in [-0.3, -0.25) is 0 Å². The maximum absolute atomic E-state index is 11.4. The van der Waals surface area contributed by atoms with Gasteiger partial charge >= 0.3 is 6.09 Å². The van der Waals surface area contributed by atoms with Gasteiger partial charge in [-0.05, 0) is 54.9 Å². The Hall–Kier alpha value is -1.28. The molecule has 0 aliphatic rings. The summed E-state index contributed by atoms with van der Waals surface area (Å²) in [5.41, 5.74) is -1.87. The molecule has 0 aromatic heterocycles. The van der Waals surface area contributed by atoms with Crippen LogP contribution in [0.25, 0.3) is 0 Å². The van der Waals surface area contributed by atoms with E-state index >= 15 is 0 Å². The Kier molecular flexibility index (Phi) is 8.52. The molecule has 0 bridgehead atoms. The van der Waals surface area contributed by atoms with E-state index in [2.05, 4.69) is 11.4 Å². The third-order valence-electron chi connectivity index (χ3n) is 1.77. The normalized spacial score (nSPS) is 14.2. The number of alkyl carbamates (subject to hydrolysis) is 1.